The Hall–Kier alpha value is -2.21. The molecule has 1 saturated heterocycles. The molecular weight excluding hydrogens is 346 g/mol. The molecule has 0 saturated carbocycles. The maximum absolute atomic E-state index is 12.9. The van der Waals surface area contributed by atoms with Gasteiger partial charge in [-0.1, -0.05) is 6.92 Å². The molecule has 11 heteroatoms. The minimum absolute atomic E-state index is 0.0485. The van der Waals surface area contributed by atoms with Gasteiger partial charge in [0.05, 0.1) is 24.9 Å². The van der Waals surface area contributed by atoms with Gasteiger partial charge in [-0.3, -0.25) is 14.3 Å². The zero-order valence-corrected chi connectivity index (χ0v) is 14.5. The fraction of sp³-hybridized carbons (Fsp3) is 0.667. The van der Waals surface area contributed by atoms with Gasteiger partial charge in [0.2, 0.25) is 5.95 Å². The van der Waals surface area contributed by atoms with E-state index >= 15 is 0 Å². The van der Waals surface area contributed by atoms with Crippen LogP contribution >= 0.6 is 0 Å². The molecule has 1 fully saturated rings. The van der Waals surface area contributed by atoms with Crippen molar-refractivity contribution in [3.8, 4) is 0 Å². The maximum atomic E-state index is 12.9. The minimum Gasteiger partial charge on any atom is -0.392 e. The predicted molar refractivity (Wildman–Crippen MR) is 91.5 cm³/mol. The van der Waals surface area contributed by atoms with Crippen LogP contribution in [0.4, 0.5) is 5.95 Å². The Morgan fingerprint density at radius 1 is 1.42 bits per heavy atom. The Morgan fingerprint density at radius 2 is 2.12 bits per heavy atom. The first-order valence-electron chi connectivity index (χ1n) is 8.44. The number of hydrogen-bond donors (Lipinski definition) is 5. The molecule has 0 spiro atoms. The van der Waals surface area contributed by atoms with Gasteiger partial charge < -0.3 is 25.8 Å². The van der Waals surface area contributed by atoms with E-state index in [0.29, 0.717) is 6.42 Å². The van der Waals surface area contributed by atoms with Crippen molar-refractivity contribution in [1.82, 2.24) is 19.1 Å². The number of fused-ring (bicyclic) bond motifs is 1. The van der Waals surface area contributed by atoms with E-state index in [1.165, 1.54) is 6.92 Å². The number of H-pyrrole nitrogens is 1. The number of hydrogen-bond acceptors (Lipinski definition) is 8. The van der Waals surface area contributed by atoms with Crippen molar-refractivity contribution in [1.29, 1.82) is 0 Å². The zero-order valence-electron chi connectivity index (χ0n) is 14.5. The Labute approximate surface area is 147 Å². The molecule has 2 aromatic heterocycles. The number of anilines is 1. The van der Waals surface area contributed by atoms with Crippen molar-refractivity contribution >= 4 is 17.1 Å². The Balaban J connectivity index is 2.19. The third kappa shape index (κ3) is 3.03. The zero-order chi connectivity index (χ0) is 19.2. The van der Waals surface area contributed by atoms with Crippen LogP contribution in [0.1, 0.15) is 32.9 Å². The van der Waals surface area contributed by atoms with E-state index < -0.39 is 41.9 Å². The molecule has 1 aliphatic rings. The minimum atomic E-state index is -1.12. The van der Waals surface area contributed by atoms with Crippen LogP contribution in [0.2, 0.25) is 0 Å². The first kappa shape index (κ1) is 18.6. The van der Waals surface area contributed by atoms with Crippen LogP contribution in [0, 0.1) is 0 Å². The van der Waals surface area contributed by atoms with Gasteiger partial charge in [-0.2, -0.15) is 4.98 Å². The number of imidazole rings is 1. The van der Waals surface area contributed by atoms with E-state index in [9.17, 15) is 24.9 Å². The lowest BCUT2D eigenvalue weighted by Crippen LogP contribution is -2.34. The van der Waals surface area contributed by atoms with Crippen LogP contribution < -0.4 is 17.0 Å². The van der Waals surface area contributed by atoms with Gasteiger partial charge in [-0.05, 0) is 13.3 Å². The van der Waals surface area contributed by atoms with Crippen molar-refractivity contribution in [3.63, 3.8) is 0 Å². The van der Waals surface area contributed by atoms with E-state index in [4.69, 9.17) is 10.5 Å². The fourth-order valence-electron chi connectivity index (χ4n) is 3.29. The summed E-state index contributed by atoms with van der Waals surface area (Å²) < 4.78 is 7.82. The lowest BCUT2D eigenvalue weighted by atomic mass is 10.1. The molecule has 11 nitrogen and oxygen atoms in total. The van der Waals surface area contributed by atoms with Crippen LogP contribution in [0.25, 0.3) is 11.2 Å². The van der Waals surface area contributed by atoms with E-state index in [2.05, 4.69) is 9.97 Å². The highest BCUT2D eigenvalue weighted by Crippen LogP contribution is 2.32. The number of aromatic amines is 1. The molecule has 3 heterocycles. The van der Waals surface area contributed by atoms with Crippen molar-refractivity contribution in [2.24, 2.45) is 0 Å². The average Bonchev–Trinajstić information content (AvgIpc) is 3.05. The highest BCUT2D eigenvalue weighted by atomic mass is 16.5. The molecule has 144 valence electrons. The Kier molecular flexibility index (Phi) is 4.88. The average molecular weight is 369 g/mol. The van der Waals surface area contributed by atoms with Gasteiger partial charge in [-0.15, -0.1) is 0 Å². The van der Waals surface area contributed by atoms with Crippen molar-refractivity contribution in [2.75, 3.05) is 5.73 Å². The molecule has 26 heavy (non-hydrogen) atoms. The van der Waals surface area contributed by atoms with Crippen LogP contribution in [-0.2, 0) is 11.3 Å². The summed E-state index contributed by atoms with van der Waals surface area (Å²) in [6.07, 6.45) is -3.99. The number of aromatic nitrogens is 4. The van der Waals surface area contributed by atoms with E-state index in [0.717, 1.165) is 9.13 Å². The van der Waals surface area contributed by atoms with Gasteiger partial charge in [0.15, 0.2) is 17.4 Å². The third-order valence-corrected chi connectivity index (χ3v) is 4.50. The van der Waals surface area contributed by atoms with E-state index in [-0.39, 0.29) is 30.1 Å². The molecule has 1 aliphatic heterocycles. The molecule has 6 N–H and O–H groups in total. The van der Waals surface area contributed by atoms with Gasteiger partial charge in [-0.25, -0.2) is 9.36 Å². The Bertz CT molecular complexity index is 916. The number of nitrogens with two attached hydrogens (primary N) is 1. The second kappa shape index (κ2) is 6.83. The van der Waals surface area contributed by atoms with Gasteiger partial charge >= 0.3 is 5.69 Å². The van der Waals surface area contributed by atoms with Gasteiger partial charge in [0.25, 0.3) is 5.56 Å². The maximum Gasteiger partial charge on any atom is 0.332 e. The van der Waals surface area contributed by atoms with Crippen LogP contribution in [0.3, 0.4) is 0 Å². The predicted octanol–water partition coefficient (Wildman–Crippen LogP) is -1.73. The number of aliphatic hydroxyl groups excluding tert-OH is 3. The summed E-state index contributed by atoms with van der Waals surface area (Å²) in [5, 5.41) is 30.0. The van der Waals surface area contributed by atoms with Gasteiger partial charge in [0.1, 0.15) is 6.10 Å². The van der Waals surface area contributed by atoms with E-state index in [1.54, 1.807) is 6.92 Å². The van der Waals surface area contributed by atoms with Crippen molar-refractivity contribution in [2.45, 2.75) is 63.9 Å². The molecule has 0 amide bonds. The summed E-state index contributed by atoms with van der Waals surface area (Å²) in [6, 6.07) is 0. The lowest BCUT2D eigenvalue weighted by molar-refractivity contribution is -0.0760. The van der Waals surface area contributed by atoms with Gasteiger partial charge in [0, 0.05) is 6.42 Å². The summed E-state index contributed by atoms with van der Waals surface area (Å²) in [4.78, 5) is 31.5. The smallest absolute Gasteiger partial charge is 0.332 e. The highest BCUT2D eigenvalue weighted by Gasteiger charge is 2.40. The van der Waals surface area contributed by atoms with E-state index in [1.807, 2.05) is 0 Å². The molecule has 3 rings (SSSR count). The molecule has 2 aromatic rings. The molecule has 5 atom stereocenters. The highest BCUT2D eigenvalue weighted by molar-refractivity contribution is 5.71. The fourth-order valence-corrected chi connectivity index (χ4v) is 3.29. The monoisotopic (exact) mass is 369 g/mol. The number of rotatable bonds is 5. The van der Waals surface area contributed by atoms with Crippen LogP contribution in [0.5, 0.6) is 0 Å². The van der Waals surface area contributed by atoms with Crippen LogP contribution in [0.15, 0.2) is 9.59 Å². The first-order chi connectivity index (χ1) is 12.2. The lowest BCUT2D eigenvalue weighted by Gasteiger charge is -2.18. The molecular formula is C15H23N5O6. The normalized spacial score (nSPS) is 25.7. The second-order valence-electron chi connectivity index (χ2n) is 6.58. The number of ether oxygens (including phenoxy) is 1. The summed E-state index contributed by atoms with van der Waals surface area (Å²) in [5.41, 5.74) is 4.18. The Morgan fingerprint density at radius 3 is 2.73 bits per heavy atom. The molecule has 0 bridgehead atoms. The number of nitrogens with zero attached hydrogens (tertiary/aromatic N) is 3. The SMILES string of the molecule is CC[C@H](O)[C@@H]1C[C@@H](O)[C@H](n2c(=O)n(C[C@H](C)O)c3c(=O)[nH]c(N)nc32)O1. The largest absolute Gasteiger partial charge is 0.392 e. The summed E-state index contributed by atoms with van der Waals surface area (Å²) in [7, 11) is 0. The van der Waals surface area contributed by atoms with Crippen LogP contribution in [-0.4, -0.2) is 58.8 Å². The quantitative estimate of drug-likeness (QED) is 0.414. The summed E-state index contributed by atoms with van der Waals surface area (Å²) >= 11 is 0. The molecule has 0 aliphatic carbocycles. The third-order valence-electron chi connectivity index (χ3n) is 4.50. The molecule has 0 aromatic carbocycles. The number of nitrogen functional groups attached to an aromatic ring is 1. The standard InChI is InChI=1S/C15H23N5O6/c1-3-7(22)9-4-8(23)13(26-9)20-11-10(12(24)18-14(16)17-11)19(15(20)25)5-6(2)21/h6-9,13,21-23H,3-5H2,1-2H3,(H3,16,17,18,24)/t6-,7-,8+,9-,13+/m0/s1. The summed E-state index contributed by atoms with van der Waals surface area (Å²) in [6.45, 7) is 3.11. The second-order valence-corrected chi connectivity index (χ2v) is 6.58. The molecule has 0 radical (unpaired) electrons. The molecule has 0 unspecified atom stereocenters. The van der Waals surface area contributed by atoms with Crippen molar-refractivity contribution in [3.05, 3.63) is 20.8 Å². The van der Waals surface area contributed by atoms with Crippen molar-refractivity contribution < 1.29 is 20.1 Å². The first-order valence-corrected chi connectivity index (χ1v) is 8.44. The topological polar surface area (TPSA) is 169 Å². The number of aliphatic hydroxyl groups is 3. The number of nitrogens with one attached hydrogen (secondary N) is 1. The summed E-state index contributed by atoms with van der Waals surface area (Å²) in [5.74, 6) is -0.192.